The van der Waals surface area contributed by atoms with E-state index >= 15 is 0 Å². The van der Waals surface area contributed by atoms with E-state index in [0.717, 1.165) is 17.3 Å². The third kappa shape index (κ3) is 3.70. The molecule has 0 bridgehead atoms. The number of carbonyl (C=O) groups is 1. The quantitative estimate of drug-likeness (QED) is 0.753. The summed E-state index contributed by atoms with van der Waals surface area (Å²) >= 11 is 5.01. The van der Waals surface area contributed by atoms with Gasteiger partial charge in [0.15, 0.2) is 4.80 Å². The lowest BCUT2D eigenvalue weighted by Crippen LogP contribution is -2.20. The molecule has 3 rings (SSSR count). The Labute approximate surface area is 154 Å². The van der Waals surface area contributed by atoms with Crippen LogP contribution in [-0.4, -0.2) is 15.5 Å². The van der Waals surface area contributed by atoms with E-state index in [1.165, 1.54) is 23.4 Å². The van der Waals surface area contributed by atoms with Crippen molar-refractivity contribution in [2.45, 2.75) is 52.5 Å². The van der Waals surface area contributed by atoms with E-state index in [9.17, 15) is 4.79 Å². The number of pyridine rings is 1. The van der Waals surface area contributed by atoms with Crippen LogP contribution in [0.3, 0.4) is 0 Å². The Morgan fingerprint density at radius 3 is 2.75 bits per heavy atom. The zero-order valence-corrected chi connectivity index (χ0v) is 16.9. The molecule has 2 aromatic rings. The van der Waals surface area contributed by atoms with Gasteiger partial charge in [-0.1, -0.05) is 20.8 Å². The van der Waals surface area contributed by atoms with Crippen molar-refractivity contribution in [3.8, 4) is 0 Å². The number of amides is 1. The molecule has 0 atom stereocenters. The minimum absolute atomic E-state index is 0.0441. The second-order valence-corrected chi connectivity index (χ2v) is 9.19. The molecule has 0 saturated heterocycles. The molecule has 2 heterocycles. The summed E-state index contributed by atoms with van der Waals surface area (Å²) < 4.78 is 2.90. The third-order valence-electron chi connectivity index (χ3n) is 4.13. The molecule has 1 saturated carbocycles. The number of hydrogen-bond acceptors (Lipinski definition) is 3. The Kier molecular flexibility index (Phi) is 4.80. The van der Waals surface area contributed by atoms with Gasteiger partial charge in [-0.15, -0.1) is 11.3 Å². The van der Waals surface area contributed by atoms with E-state index in [1.54, 1.807) is 23.6 Å². The maximum atomic E-state index is 12.6. The Morgan fingerprint density at radius 2 is 2.17 bits per heavy atom. The molecule has 0 N–H and O–H groups in total. The second kappa shape index (κ2) is 6.56. The van der Waals surface area contributed by atoms with E-state index < -0.39 is 0 Å². The van der Waals surface area contributed by atoms with Gasteiger partial charge in [-0.25, -0.2) is 4.98 Å². The first-order chi connectivity index (χ1) is 11.3. The van der Waals surface area contributed by atoms with Gasteiger partial charge >= 0.3 is 0 Å². The van der Waals surface area contributed by atoms with Crippen molar-refractivity contribution in [3.05, 3.63) is 43.9 Å². The lowest BCUT2D eigenvalue weighted by molar-refractivity contribution is 0.0992. The van der Waals surface area contributed by atoms with Crippen LogP contribution in [0.1, 0.15) is 54.7 Å². The number of thiazole rings is 1. The van der Waals surface area contributed by atoms with Crippen LogP contribution in [-0.2, 0) is 12.0 Å². The fourth-order valence-corrected chi connectivity index (χ4v) is 4.34. The smallest absolute Gasteiger partial charge is 0.299 e. The summed E-state index contributed by atoms with van der Waals surface area (Å²) in [5, 5.41) is 0. The molecule has 6 heteroatoms. The zero-order valence-electron chi connectivity index (χ0n) is 14.5. The van der Waals surface area contributed by atoms with Gasteiger partial charge in [-0.2, -0.15) is 4.99 Å². The van der Waals surface area contributed by atoms with Gasteiger partial charge in [0.2, 0.25) is 0 Å². The van der Waals surface area contributed by atoms with Crippen molar-refractivity contribution in [3.63, 3.8) is 0 Å². The van der Waals surface area contributed by atoms with Crippen molar-refractivity contribution in [2.24, 2.45) is 10.9 Å². The van der Waals surface area contributed by atoms with Crippen molar-refractivity contribution < 1.29 is 4.79 Å². The minimum Gasteiger partial charge on any atom is -0.320 e. The Bertz CT molecular complexity index is 841. The molecule has 0 spiro atoms. The summed E-state index contributed by atoms with van der Waals surface area (Å²) in [6.07, 6.45) is 4.16. The minimum atomic E-state index is -0.297. The zero-order chi connectivity index (χ0) is 17.5. The van der Waals surface area contributed by atoms with Gasteiger partial charge in [0, 0.05) is 27.8 Å². The van der Waals surface area contributed by atoms with Crippen molar-refractivity contribution >= 4 is 33.2 Å². The number of nitrogens with zero attached hydrogens (tertiary/aromatic N) is 3. The highest BCUT2D eigenvalue weighted by Crippen LogP contribution is 2.33. The summed E-state index contributed by atoms with van der Waals surface area (Å²) in [5.74, 6) is 0.426. The van der Waals surface area contributed by atoms with Crippen molar-refractivity contribution in [1.82, 2.24) is 9.55 Å². The largest absolute Gasteiger partial charge is 0.320 e. The number of aromatic nitrogens is 2. The number of halogens is 1. The molecular formula is C18H22BrN3OS. The highest BCUT2D eigenvalue weighted by Gasteiger charge is 2.27. The molecule has 4 nitrogen and oxygen atoms in total. The summed E-state index contributed by atoms with van der Waals surface area (Å²) in [5.41, 5.74) is 1.63. The van der Waals surface area contributed by atoms with Crippen LogP contribution in [0.25, 0.3) is 0 Å². The predicted molar refractivity (Wildman–Crippen MR) is 100 cm³/mol. The average Bonchev–Trinajstić information content (AvgIpc) is 3.26. The van der Waals surface area contributed by atoms with Gasteiger partial charge in [0.1, 0.15) is 5.69 Å². The van der Waals surface area contributed by atoms with E-state index in [1.807, 2.05) is 6.07 Å². The summed E-state index contributed by atoms with van der Waals surface area (Å²) in [4.78, 5) is 23.2. The van der Waals surface area contributed by atoms with Crippen LogP contribution in [0.15, 0.2) is 27.8 Å². The highest BCUT2D eigenvalue weighted by molar-refractivity contribution is 9.10. The molecule has 2 aromatic heterocycles. The average molecular weight is 408 g/mol. The van der Waals surface area contributed by atoms with Crippen LogP contribution in [0, 0.1) is 12.8 Å². The maximum Gasteiger partial charge on any atom is 0.299 e. The number of rotatable bonds is 3. The van der Waals surface area contributed by atoms with Crippen LogP contribution < -0.4 is 4.80 Å². The fourth-order valence-electron chi connectivity index (χ4n) is 2.72. The molecule has 0 radical (unpaired) electrons. The van der Waals surface area contributed by atoms with E-state index in [-0.39, 0.29) is 11.3 Å². The first kappa shape index (κ1) is 17.5. The van der Waals surface area contributed by atoms with Gasteiger partial charge in [0.25, 0.3) is 5.91 Å². The van der Waals surface area contributed by atoms with Gasteiger partial charge in [0.05, 0.1) is 0 Å². The van der Waals surface area contributed by atoms with Crippen LogP contribution in [0.4, 0.5) is 0 Å². The van der Waals surface area contributed by atoms with E-state index in [4.69, 9.17) is 0 Å². The lowest BCUT2D eigenvalue weighted by Gasteiger charge is -2.17. The molecule has 128 valence electrons. The number of carbonyl (C=O) groups excluding carboxylic acids is 1. The van der Waals surface area contributed by atoms with E-state index in [0.29, 0.717) is 10.2 Å². The summed E-state index contributed by atoms with van der Waals surface area (Å²) in [6.45, 7) is 9.70. The van der Waals surface area contributed by atoms with Gasteiger partial charge in [-0.3, -0.25) is 4.79 Å². The SMILES string of the molecule is Cc1c(C(C)(C)C)sc(=NC(=O)c2ncccc2Br)n1CC1CC1. The van der Waals surface area contributed by atoms with Crippen LogP contribution in [0.5, 0.6) is 0 Å². The molecular weight excluding hydrogens is 386 g/mol. The molecule has 0 unspecified atom stereocenters. The van der Waals surface area contributed by atoms with Gasteiger partial charge < -0.3 is 4.57 Å². The molecule has 1 aliphatic rings. The molecule has 1 aliphatic carbocycles. The Balaban J connectivity index is 2.08. The van der Waals surface area contributed by atoms with Crippen LogP contribution >= 0.6 is 27.3 Å². The summed E-state index contributed by atoms with van der Waals surface area (Å²) in [7, 11) is 0. The highest BCUT2D eigenvalue weighted by atomic mass is 79.9. The van der Waals surface area contributed by atoms with E-state index in [2.05, 4.69) is 58.2 Å². The van der Waals surface area contributed by atoms with Crippen molar-refractivity contribution in [2.75, 3.05) is 0 Å². The normalized spacial score (nSPS) is 15.8. The molecule has 24 heavy (non-hydrogen) atoms. The predicted octanol–water partition coefficient (Wildman–Crippen LogP) is 4.46. The number of hydrogen-bond donors (Lipinski definition) is 0. The molecule has 1 fully saturated rings. The van der Waals surface area contributed by atoms with Gasteiger partial charge in [-0.05, 0) is 59.2 Å². The molecule has 0 aromatic carbocycles. The Hall–Kier alpha value is -1.27. The topological polar surface area (TPSA) is 47.2 Å². The fraction of sp³-hybridized carbons (Fsp3) is 0.500. The standard InChI is InChI=1S/C18H22BrN3OS/c1-11-15(18(2,3)4)24-17(22(11)10-12-7-8-12)21-16(23)14-13(19)6-5-9-20-14/h5-6,9,12H,7-8,10H2,1-4H3. The Morgan fingerprint density at radius 1 is 1.46 bits per heavy atom. The lowest BCUT2D eigenvalue weighted by atomic mass is 9.93. The first-order valence-corrected chi connectivity index (χ1v) is 9.78. The first-order valence-electron chi connectivity index (χ1n) is 8.17. The van der Waals surface area contributed by atoms with Crippen LogP contribution in [0.2, 0.25) is 0 Å². The third-order valence-corrected chi connectivity index (χ3v) is 6.38. The summed E-state index contributed by atoms with van der Waals surface area (Å²) in [6, 6.07) is 3.61. The molecule has 0 aliphatic heterocycles. The maximum absolute atomic E-state index is 12.6. The second-order valence-electron chi connectivity index (χ2n) is 7.35. The van der Waals surface area contributed by atoms with Crippen molar-refractivity contribution in [1.29, 1.82) is 0 Å². The molecule has 1 amide bonds. The monoisotopic (exact) mass is 407 g/mol.